The average Bonchev–Trinajstić information content (AvgIpc) is 2.60. The summed E-state index contributed by atoms with van der Waals surface area (Å²) in [6.45, 7) is -0.164. The largest absolute Gasteiger partial charge is 0.394 e. The summed E-state index contributed by atoms with van der Waals surface area (Å²) in [7, 11) is 0. The molecule has 1 aromatic heterocycles. The van der Waals surface area contributed by atoms with Crippen LogP contribution in [0.4, 0.5) is 0 Å². The fourth-order valence-electron chi connectivity index (χ4n) is 1.66. The van der Waals surface area contributed by atoms with Gasteiger partial charge in [0.15, 0.2) is 6.23 Å². The van der Waals surface area contributed by atoms with Crippen molar-refractivity contribution >= 4 is 0 Å². The van der Waals surface area contributed by atoms with Crippen LogP contribution in [0.3, 0.4) is 0 Å². The lowest BCUT2D eigenvalue weighted by Crippen LogP contribution is -2.31. The van der Waals surface area contributed by atoms with E-state index in [1.807, 2.05) is 0 Å². The van der Waals surface area contributed by atoms with E-state index in [-0.39, 0.29) is 6.61 Å². The first-order valence-corrected chi connectivity index (χ1v) is 4.70. The molecule has 1 fully saturated rings. The van der Waals surface area contributed by atoms with E-state index in [2.05, 4.69) is 4.98 Å². The molecule has 0 bridgehead atoms. The molecule has 0 saturated carbocycles. The second kappa shape index (κ2) is 4.09. The van der Waals surface area contributed by atoms with Gasteiger partial charge < -0.3 is 14.9 Å². The van der Waals surface area contributed by atoms with Crippen LogP contribution >= 0.6 is 0 Å². The van der Waals surface area contributed by atoms with Crippen LogP contribution in [0.5, 0.6) is 0 Å². The fraction of sp³-hybridized carbons (Fsp3) is 0.556. The molecule has 6 nitrogen and oxygen atoms in total. The Balaban J connectivity index is 2.25. The van der Waals surface area contributed by atoms with E-state index in [9.17, 15) is 9.90 Å². The van der Waals surface area contributed by atoms with Crippen molar-refractivity contribution in [2.45, 2.75) is 24.9 Å². The van der Waals surface area contributed by atoms with E-state index in [1.54, 1.807) is 6.07 Å². The summed E-state index contributed by atoms with van der Waals surface area (Å²) in [4.78, 5) is 14.9. The molecule has 82 valence electrons. The van der Waals surface area contributed by atoms with Gasteiger partial charge in [0.05, 0.1) is 12.7 Å². The third kappa shape index (κ3) is 1.92. The number of nitrogens with zero attached hydrogens (tertiary/aromatic N) is 2. The van der Waals surface area contributed by atoms with Crippen LogP contribution in [0.25, 0.3) is 0 Å². The molecule has 1 saturated heterocycles. The zero-order valence-corrected chi connectivity index (χ0v) is 7.98. The molecule has 0 unspecified atom stereocenters. The van der Waals surface area contributed by atoms with Gasteiger partial charge in [-0.2, -0.15) is 0 Å². The van der Waals surface area contributed by atoms with Crippen molar-refractivity contribution in [2.24, 2.45) is 0 Å². The van der Waals surface area contributed by atoms with Gasteiger partial charge in [0, 0.05) is 18.8 Å². The van der Waals surface area contributed by atoms with Crippen molar-refractivity contribution < 1.29 is 14.9 Å². The van der Waals surface area contributed by atoms with Gasteiger partial charge in [0.1, 0.15) is 6.10 Å². The Kier molecular flexibility index (Phi) is 2.81. The Morgan fingerprint density at radius 3 is 3.07 bits per heavy atom. The summed E-state index contributed by atoms with van der Waals surface area (Å²) in [5.41, 5.74) is -0.472. The van der Waals surface area contributed by atoms with E-state index in [4.69, 9.17) is 9.84 Å². The zero-order valence-electron chi connectivity index (χ0n) is 7.98. The van der Waals surface area contributed by atoms with E-state index in [1.165, 1.54) is 17.0 Å². The Labute approximate surface area is 85.8 Å². The van der Waals surface area contributed by atoms with Crippen LogP contribution in [-0.4, -0.2) is 38.6 Å². The molecule has 1 aliphatic heterocycles. The van der Waals surface area contributed by atoms with Crippen molar-refractivity contribution in [3.63, 3.8) is 0 Å². The summed E-state index contributed by atoms with van der Waals surface area (Å²) in [6, 6.07) is 1.59. The molecule has 3 atom stereocenters. The highest BCUT2D eigenvalue weighted by atomic mass is 16.5. The first-order chi connectivity index (χ1) is 7.22. The van der Waals surface area contributed by atoms with Crippen molar-refractivity contribution in [3.05, 3.63) is 28.9 Å². The quantitative estimate of drug-likeness (QED) is 0.649. The second-order valence-corrected chi connectivity index (χ2v) is 3.44. The van der Waals surface area contributed by atoms with Gasteiger partial charge in [-0.15, -0.1) is 0 Å². The number of aliphatic hydroxyl groups excluding tert-OH is 2. The summed E-state index contributed by atoms with van der Waals surface area (Å²) in [6.07, 6.45) is 1.25. The molecule has 0 aromatic carbocycles. The van der Waals surface area contributed by atoms with Gasteiger partial charge in [-0.05, 0) is 6.07 Å². The molecule has 6 heteroatoms. The zero-order chi connectivity index (χ0) is 10.8. The smallest absolute Gasteiger partial charge is 0.349 e. The van der Waals surface area contributed by atoms with Gasteiger partial charge in [-0.3, -0.25) is 4.57 Å². The monoisotopic (exact) mass is 212 g/mol. The maximum Gasteiger partial charge on any atom is 0.349 e. The predicted molar refractivity (Wildman–Crippen MR) is 50.1 cm³/mol. The van der Waals surface area contributed by atoms with Crippen LogP contribution in [0.15, 0.2) is 23.3 Å². The lowest BCUT2D eigenvalue weighted by Gasteiger charge is -2.16. The second-order valence-electron chi connectivity index (χ2n) is 3.44. The minimum atomic E-state index is -0.788. The van der Waals surface area contributed by atoms with Gasteiger partial charge >= 0.3 is 5.69 Å². The molecular formula is C9H12N2O4. The molecule has 0 radical (unpaired) electrons. The van der Waals surface area contributed by atoms with E-state index < -0.39 is 24.1 Å². The number of aromatic nitrogens is 2. The molecule has 1 aromatic rings. The normalized spacial score (nSPS) is 30.7. The SMILES string of the molecule is O=c1ncccn1[C@@H]1O[C@H](CO)C[C@H]1O. The highest BCUT2D eigenvalue weighted by Gasteiger charge is 2.35. The lowest BCUT2D eigenvalue weighted by atomic mass is 10.2. The predicted octanol–water partition coefficient (Wildman–Crippen LogP) is -1.12. The first-order valence-electron chi connectivity index (χ1n) is 4.70. The summed E-state index contributed by atoms with van der Waals surface area (Å²) >= 11 is 0. The van der Waals surface area contributed by atoms with Crippen LogP contribution in [-0.2, 0) is 4.74 Å². The highest BCUT2D eigenvalue weighted by molar-refractivity contribution is 4.88. The van der Waals surface area contributed by atoms with Gasteiger partial charge in [-0.25, -0.2) is 9.78 Å². The maximum absolute atomic E-state index is 11.3. The van der Waals surface area contributed by atoms with Crippen molar-refractivity contribution in [1.29, 1.82) is 0 Å². The number of hydrogen-bond acceptors (Lipinski definition) is 5. The lowest BCUT2D eigenvalue weighted by molar-refractivity contribution is -0.0530. The maximum atomic E-state index is 11.3. The van der Waals surface area contributed by atoms with E-state index in [0.29, 0.717) is 6.42 Å². The van der Waals surface area contributed by atoms with Crippen molar-refractivity contribution in [2.75, 3.05) is 6.61 Å². The van der Waals surface area contributed by atoms with E-state index >= 15 is 0 Å². The Bertz CT molecular complexity index is 392. The number of rotatable bonds is 2. The molecule has 0 amide bonds. The summed E-state index contributed by atoms with van der Waals surface area (Å²) in [5, 5.41) is 18.5. The molecular weight excluding hydrogens is 200 g/mol. The number of ether oxygens (including phenoxy) is 1. The molecule has 1 aliphatic rings. The molecule has 0 spiro atoms. The van der Waals surface area contributed by atoms with Crippen molar-refractivity contribution in [1.82, 2.24) is 9.55 Å². The standard InChI is InChI=1S/C9H12N2O4/c12-5-6-4-7(13)8(15-6)11-3-1-2-10-9(11)14/h1-3,6-8,12-13H,4-5H2/t6-,7+,8+/m0/s1. The van der Waals surface area contributed by atoms with Gasteiger partial charge in [0.25, 0.3) is 0 Å². The minimum Gasteiger partial charge on any atom is -0.394 e. The third-order valence-electron chi connectivity index (χ3n) is 2.38. The van der Waals surface area contributed by atoms with Crippen LogP contribution < -0.4 is 5.69 Å². The Morgan fingerprint density at radius 2 is 2.47 bits per heavy atom. The van der Waals surface area contributed by atoms with E-state index in [0.717, 1.165) is 0 Å². The molecule has 2 heterocycles. The van der Waals surface area contributed by atoms with Gasteiger partial charge in [-0.1, -0.05) is 0 Å². The third-order valence-corrected chi connectivity index (χ3v) is 2.38. The van der Waals surface area contributed by atoms with Crippen LogP contribution in [0.1, 0.15) is 12.6 Å². The highest BCUT2D eigenvalue weighted by Crippen LogP contribution is 2.26. The molecule has 2 rings (SSSR count). The minimum absolute atomic E-state index is 0.164. The average molecular weight is 212 g/mol. The molecule has 0 aliphatic carbocycles. The summed E-state index contributed by atoms with van der Waals surface area (Å²) in [5.74, 6) is 0. The number of aliphatic hydroxyl groups is 2. The van der Waals surface area contributed by atoms with Crippen LogP contribution in [0, 0.1) is 0 Å². The first kappa shape index (κ1) is 10.3. The fourth-order valence-corrected chi connectivity index (χ4v) is 1.66. The number of hydrogen-bond donors (Lipinski definition) is 2. The van der Waals surface area contributed by atoms with Crippen LogP contribution in [0.2, 0.25) is 0 Å². The molecule has 15 heavy (non-hydrogen) atoms. The topological polar surface area (TPSA) is 84.6 Å². The van der Waals surface area contributed by atoms with Gasteiger partial charge in [0.2, 0.25) is 0 Å². The summed E-state index contributed by atoms with van der Waals surface area (Å²) < 4.78 is 6.54. The molecule has 2 N–H and O–H groups in total. The Morgan fingerprint density at radius 1 is 1.67 bits per heavy atom. The Hall–Kier alpha value is -1.24. The van der Waals surface area contributed by atoms with Crippen molar-refractivity contribution in [3.8, 4) is 0 Å².